The molecular weight excluding hydrogens is 438 g/mol. The molecule has 0 amide bonds. The molecule has 0 radical (unpaired) electrons. The van der Waals surface area contributed by atoms with E-state index in [4.69, 9.17) is 22.3 Å². The Labute approximate surface area is 203 Å². The predicted octanol–water partition coefficient (Wildman–Crippen LogP) is 4.90. The molecule has 184 valence electrons. The summed E-state index contributed by atoms with van der Waals surface area (Å²) in [6, 6.07) is -0.583. The van der Waals surface area contributed by atoms with Gasteiger partial charge in [0.1, 0.15) is 11.8 Å². The Morgan fingerprint density at radius 1 is 1.15 bits per heavy atom. The van der Waals surface area contributed by atoms with E-state index in [0.29, 0.717) is 17.8 Å². The third-order valence-electron chi connectivity index (χ3n) is 10.2. The molecule has 6 nitrogen and oxygen atoms in total. The highest BCUT2D eigenvalue weighted by Crippen LogP contribution is 2.67. The van der Waals surface area contributed by atoms with Crippen molar-refractivity contribution in [3.63, 3.8) is 0 Å². The van der Waals surface area contributed by atoms with Crippen molar-refractivity contribution < 1.29 is 14.4 Å². The smallest absolute Gasteiger partial charge is 0.319 e. The first kappa shape index (κ1) is 24.9. The van der Waals surface area contributed by atoms with Crippen LogP contribution in [0.4, 0.5) is 0 Å². The van der Waals surface area contributed by atoms with Gasteiger partial charge in [0.2, 0.25) is 0 Å². The van der Waals surface area contributed by atoms with Crippen molar-refractivity contribution in [2.45, 2.75) is 97.6 Å². The first-order valence-electron chi connectivity index (χ1n) is 12.6. The number of hydrogen-bond donors (Lipinski definition) is 2. The molecule has 4 aliphatic carbocycles. The molecule has 4 rings (SSSR count). The maximum Gasteiger partial charge on any atom is 0.353 e. The summed E-state index contributed by atoms with van der Waals surface area (Å²) in [6.07, 6.45) is 10.2. The Morgan fingerprint density at radius 2 is 1.85 bits per heavy atom. The Bertz CT molecular complexity index is 886. The third-order valence-corrected chi connectivity index (χ3v) is 10.4. The van der Waals surface area contributed by atoms with Gasteiger partial charge in [0.05, 0.1) is 11.3 Å². The van der Waals surface area contributed by atoms with Crippen LogP contribution in [0.3, 0.4) is 0 Å². The normalized spacial score (nSPS) is 42.2. The summed E-state index contributed by atoms with van der Waals surface area (Å²) >= 11 is 5.70. The van der Waals surface area contributed by atoms with E-state index in [2.05, 4.69) is 29.9 Å². The second-order valence-corrected chi connectivity index (χ2v) is 12.1. The lowest BCUT2D eigenvalue weighted by molar-refractivity contribution is -0.146. The van der Waals surface area contributed by atoms with Crippen molar-refractivity contribution >= 4 is 29.2 Å². The molecule has 0 aromatic heterocycles. The second kappa shape index (κ2) is 8.76. The van der Waals surface area contributed by atoms with Gasteiger partial charge >= 0.3 is 5.97 Å². The van der Waals surface area contributed by atoms with Crippen molar-refractivity contribution in [2.75, 3.05) is 0 Å². The minimum absolute atomic E-state index is 0.0151. The van der Waals surface area contributed by atoms with Crippen LogP contribution in [0.2, 0.25) is 0 Å². The minimum atomic E-state index is -0.665. The van der Waals surface area contributed by atoms with Gasteiger partial charge in [-0.2, -0.15) is 0 Å². The molecule has 0 bridgehead atoms. The average Bonchev–Trinajstić information content (AvgIpc) is 3.04. The average molecular weight is 478 g/mol. The number of nitrogens with one attached hydrogen (secondary N) is 1. The minimum Gasteiger partial charge on any atom is -0.319 e. The fourth-order valence-corrected chi connectivity index (χ4v) is 8.24. The van der Waals surface area contributed by atoms with Crippen molar-refractivity contribution in [2.24, 2.45) is 45.4 Å². The quantitative estimate of drug-likeness (QED) is 0.333. The zero-order valence-electron chi connectivity index (χ0n) is 20.7. The highest BCUT2D eigenvalue weighted by Gasteiger charge is 2.64. The molecule has 4 aliphatic rings. The number of fused-ring (bicyclic) bond motifs is 5. The van der Waals surface area contributed by atoms with E-state index in [9.17, 15) is 9.59 Å². The summed E-state index contributed by atoms with van der Waals surface area (Å²) in [7, 11) is 0. The number of rotatable bonds is 5. The maximum atomic E-state index is 12.5. The topological polar surface area (TPSA) is 93.8 Å². The van der Waals surface area contributed by atoms with Crippen LogP contribution in [0.5, 0.6) is 0 Å². The van der Waals surface area contributed by atoms with E-state index in [1.165, 1.54) is 5.57 Å². The van der Waals surface area contributed by atoms with Gasteiger partial charge in [-0.15, -0.1) is 0 Å². The van der Waals surface area contributed by atoms with E-state index in [1.54, 1.807) is 6.92 Å². The standard InChI is InChI=1S/C26H40ClN3O3/c1-15(2)22(29-27)23(32)33-30-18-8-11-24(4)17(14-18)6-7-19-20(24)9-12-25(5)21(19)10-13-26(25,28)16(3)31/h14-15,19-22,29H,6-13,28H2,1-5H3/b30-18+/t19?,20?,21?,22-,24-,25-,26-/m0/s1. The van der Waals surface area contributed by atoms with Gasteiger partial charge in [-0.3, -0.25) is 4.79 Å². The molecule has 7 heteroatoms. The zero-order valence-corrected chi connectivity index (χ0v) is 21.5. The molecule has 33 heavy (non-hydrogen) atoms. The van der Waals surface area contributed by atoms with Crippen LogP contribution in [-0.4, -0.2) is 29.0 Å². The van der Waals surface area contributed by atoms with Crippen molar-refractivity contribution in [3.8, 4) is 0 Å². The van der Waals surface area contributed by atoms with Gasteiger partial charge in [0.25, 0.3) is 0 Å². The molecule has 0 aliphatic heterocycles. The molecule has 3 unspecified atom stereocenters. The Morgan fingerprint density at radius 3 is 2.48 bits per heavy atom. The summed E-state index contributed by atoms with van der Waals surface area (Å²) in [5, 5.41) is 4.20. The van der Waals surface area contributed by atoms with Crippen LogP contribution in [0, 0.1) is 34.5 Å². The summed E-state index contributed by atoms with van der Waals surface area (Å²) < 4.78 is 0. The second-order valence-electron chi connectivity index (χ2n) is 11.8. The molecular formula is C26H40ClN3O3. The van der Waals surface area contributed by atoms with E-state index in [-0.39, 0.29) is 22.5 Å². The summed E-state index contributed by atoms with van der Waals surface area (Å²) in [5.41, 5.74) is 8.44. The van der Waals surface area contributed by atoms with Gasteiger partial charge in [0, 0.05) is 0 Å². The van der Waals surface area contributed by atoms with Crippen LogP contribution >= 0.6 is 11.8 Å². The fraction of sp³-hybridized carbons (Fsp3) is 0.808. The van der Waals surface area contributed by atoms with Crippen molar-refractivity contribution in [3.05, 3.63) is 11.6 Å². The number of carbonyl (C=O) groups excluding carboxylic acids is 2. The number of nitrogens with zero attached hydrogens (tertiary/aromatic N) is 1. The lowest BCUT2D eigenvalue weighted by atomic mass is 9.46. The summed E-state index contributed by atoms with van der Waals surface area (Å²) in [6.45, 7) is 10.2. The van der Waals surface area contributed by atoms with Crippen LogP contribution in [0.25, 0.3) is 0 Å². The van der Waals surface area contributed by atoms with Crippen LogP contribution in [0.1, 0.15) is 86.0 Å². The molecule has 3 N–H and O–H groups in total. The molecule has 7 atom stereocenters. The van der Waals surface area contributed by atoms with Gasteiger partial charge in [-0.25, -0.2) is 9.63 Å². The first-order chi connectivity index (χ1) is 15.5. The maximum absolute atomic E-state index is 12.5. The number of ketones is 1. The molecule has 3 saturated carbocycles. The predicted molar refractivity (Wildman–Crippen MR) is 130 cm³/mol. The lowest BCUT2D eigenvalue weighted by Gasteiger charge is -2.59. The van der Waals surface area contributed by atoms with Gasteiger partial charge < -0.3 is 10.6 Å². The van der Waals surface area contributed by atoms with Crippen LogP contribution < -0.4 is 10.6 Å². The third kappa shape index (κ3) is 3.81. The molecule has 0 heterocycles. The first-order valence-corrected chi connectivity index (χ1v) is 13.0. The fourth-order valence-electron chi connectivity index (χ4n) is 7.90. The largest absolute Gasteiger partial charge is 0.353 e. The molecule has 3 fully saturated rings. The number of oxime groups is 1. The van der Waals surface area contributed by atoms with Gasteiger partial charge in [-0.05, 0) is 111 Å². The van der Waals surface area contributed by atoms with E-state index < -0.39 is 17.6 Å². The number of hydrogen-bond acceptors (Lipinski definition) is 6. The highest BCUT2D eigenvalue weighted by molar-refractivity contribution is 6.14. The number of nitrogens with two attached hydrogens (primary N) is 1. The number of halogens is 1. The monoisotopic (exact) mass is 477 g/mol. The highest BCUT2D eigenvalue weighted by atomic mass is 35.5. The Kier molecular flexibility index (Phi) is 6.60. The summed E-state index contributed by atoms with van der Waals surface area (Å²) in [5.74, 6) is 1.47. The molecule has 0 spiro atoms. The zero-order chi connectivity index (χ0) is 24.2. The molecule has 0 aromatic rings. The van der Waals surface area contributed by atoms with Crippen LogP contribution in [-0.2, 0) is 14.4 Å². The van der Waals surface area contributed by atoms with Crippen LogP contribution in [0.15, 0.2) is 16.8 Å². The lowest BCUT2D eigenvalue weighted by Crippen LogP contribution is -2.61. The number of allylic oxidation sites excluding steroid dienone is 2. The molecule has 0 aromatic carbocycles. The SMILES string of the molecule is CC(=O)[C@@]1(N)CCC2C3CCC4=C/C(=N/OC(=O)[C@@H](NCl)C(C)C)CC[C@]4(C)C3CC[C@@]21C. The Balaban J connectivity index is 1.52. The van der Waals surface area contributed by atoms with Gasteiger partial charge in [-0.1, -0.05) is 38.4 Å². The van der Waals surface area contributed by atoms with E-state index in [0.717, 1.165) is 57.1 Å². The van der Waals surface area contributed by atoms with E-state index in [1.807, 2.05) is 13.8 Å². The van der Waals surface area contributed by atoms with Gasteiger partial charge in [0.15, 0.2) is 0 Å². The molecule has 0 saturated heterocycles. The van der Waals surface area contributed by atoms with E-state index >= 15 is 0 Å². The summed E-state index contributed by atoms with van der Waals surface area (Å²) in [4.78, 5) is 32.6. The number of carbonyl (C=O) groups is 2. The van der Waals surface area contributed by atoms with Crippen molar-refractivity contribution in [1.82, 2.24) is 4.84 Å². The number of Topliss-reactive ketones (excluding diaryl/α,β-unsaturated/α-hetero) is 1. The Hall–Kier alpha value is -1.24. The van der Waals surface area contributed by atoms with Crippen molar-refractivity contribution in [1.29, 1.82) is 0 Å².